The Morgan fingerprint density at radius 1 is 1.18 bits per heavy atom. The van der Waals surface area contributed by atoms with Crippen LogP contribution in [-0.4, -0.2) is 58.2 Å². The molecule has 1 aliphatic rings. The number of hydrogen-bond donors (Lipinski definition) is 0. The van der Waals surface area contributed by atoms with Crippen LogP contribution >= 0.6 is 0 Å². The van der Waals surface area contributed by atoms with E-state index in [0.29, 0.717) is 31.1 Å². The first kappa shape index (κ1) is 18.3. The Balaban J connectivity index is 1.42. The molecule has 0 unspecified atom stereocenters. The summed E-state index contributed by atoms with van der Waals surface area (Å²) in [6.45, 7) is 5.86. The molecule has 1 amide bonds. The van der Waals surface area contributed by atoms with Crippen LogP contribution < -0.4 is 0 Å². The van der Waals surface area contributed by atoms with E-state index in [1.54, 1.807) is 12.4 Å². The molecule has 0 aliphatic carbocycles. The molecule has 0 aromatic carbocycles. The zero-order valence-electron chi connectivity index (χ0n) is 16.4. The maximum Gasteiger partial charge on any atom is 0.257 e. The van der Waals surface area contributed by atoms with Crippen LogP contribution in [0.5, 0.6) is 0 Å². The first-order valence-corrected chi connectivity index (χ1v) is 9.46. The van der Waals surface area contributed by atoms with E-state index in [4.69, 9.17) is 0 Å². The highest BCUT2D eigenvalue weighted by atomic mass is 16.2. The van der Waals surface area contributed by atoms with E-state index in [2.05, 4.69) is 34.3 Å². The third-order valence-electron chi connectivity index (χ3n) is 5.52. The summed E-state index contributed by atoms with van der Waals surface area (Å²) in [6, 6.07) is 0. The molecule has 1 aliphatic heterocycles. The predicted molar refractivity (Wildman–Crippen MR) is 102 cm³/mol. The summed E-state index contributed by atoms with van der Waals surface area (Å²) in [5, 5.41) is 8.84. The van der Waals surface area contributed by atoms with Crippen molar-refractivity contribution < 1.29 is 4.79 Å². The van der Waals surface area contributed by atoms with E-state index in [1.807, 2.05) is 32.0 Å². The Bertz CT molecular complexity index is 983. The number of carbonyl (C=O) groups excluding carboxylic acids is 1. The number of aromatic nitrogens is 7. The van der Waals surface area contributed by atoms with Crippen LogP contribution in [0.2, 0.25) is 0 Å². The molecule has 1 fully saturated rings. The van der Waals surface area contributed by atoms with Gasteiger partial charge in [0.1, 0.15) is 18.0 Å². The van der Waals surface area contributed by atoms with Crippen LogP contribution in [-0.2, 0) is 13.6 Å². The number of hydrogen-bond acceptors (Lipinski definition) is 6. The van der Waals surface area contributed by atoms with Gasteiger partial charge in [-0.25, -0.2) is 15.0 Å². The van der Waals surface area contributed by atoms with Gasteiger partial charge in [-0.3, -0.25) is 4.79 Å². The van der Waals surface area contributed by atoms with E-state index in [0.717, 1.165) is 36.0 Å². The van der Waals surface area contributed by atoms with Crippen molar-refractivity contribution in [3.8, 4) is 0 Å². The van der Waals surface area contributed by atoms with E-state index >= 15 is 0 Å². The van der Waals surface area contributed by atoms with Gasteiger partial charge in [-0.05, 0) is 26.7 Å². The van der Waals surface area contributed by atoms with Crippen LogP contribution in [0.4, 0.5) is 0 Å². The fourth-order valence-electron chi connectivity index (χ4n) is 3.70. The smallest absolute Gasteiger partial charge is 0.257 e. The van der Waals surface area contributed by atoms with Gasteiger partial charge < -0.3 is 14.0 Å². The van der Waals surface area contributed by atoms with Gasteiger partial charge in [0.15, 0.2) is 5.82 Å². The zero-order valence-corrected chi connectivity index (χ0v) is 16.4. The van der Waals surface area contributed by atoms with E-state index in [1.165, 1.54) is 6.33 Å². The van der Waals surface area contributed by atoms with Crippen LogP contribution in [0.25, 0.3) is 0 Å². The second kappa shape index (κ2) is 7.49. The largest absolute Gasteiger partial charge is 0.338 e. The molecule has 3 aromatic heterocycles. The summed E-state index contributed by atoms with van der Waals surface area (Å²) in [6.07, 6.45) is 8.55. The summed E-state index contributed by atoms with van der Waals surface area (Å²) in [5.41, 5.74) is 1.30. The van der Waals surface area contributed by atoms with Gasteiger partial charge in [-0.15, -0.1) is 10.2 Å². The van der Waals surface area contributed by atoms with Crippen LogP contribution in [0, 0.1) is 13.8 Å². The summed E-state index contributed by atoms with van der Waals surface area (Å²) < 4.78 is 4.14. The highest BCUT2D eigenvalue weighted by molar-refractivity contribution is 5.94. The van der Waals surface area contributed by atoms with Crippen LogP contribution in [0.15, 0.2) is 24.9 Å². The standard InChI is InChI=1S/C19H24N8O/c1-13-16(10-20-12-22-13)19(28)26-7-4-15(5-8-26)18-24-23-17(25(18)3)11-27-9-6-21-14(27)2/h6,9-10,12,15H,4-5,7-8,11H2,1-3H3. The number of likely N-dealkylation sites (tertiary alicyclic amines) is 1. The number of imidazole rings is 1. The van der Waals surface area contributed by atoms with Gasteiger partial charge in [-0.2, -0.15) is 0 Å². The van der Waals surface area contributed by atoms with Gasteiger partial charge in [-0.1, -0.05) is 0 Å². The van der Waals surface area contributed by atoms with Crippen molar-refractivity contribution in [3.63, 3.8) is 0 Å². The Morgan fingerprint density at radius 3 is 2.64 bits per heavy atom. The third kappa shape index (κ3) is 3.39. The predicted octanol–water partition coefficient (Wildman–Crippen LogP) is 1.49. The molecular weight excluding hydrogens is 356 g/mol. The number of piperidine rings is 1. The lowest BCUT2D eigenvalue weighted by molar-refractivity contribution is 0.0708. The molecule has 9 heteroatoms. The van der Waals surface area contributed by atoms with Crippen molar-refractivity contribution in [1.82, 2.24) is 39.2 Å². The molecule has 4 heterocycles. The van der Waals surface area contributed by atoms with Gasteiger partial charge in [0, 0.05) is 44.6 Å². The molecule has 0 radical (unpaired) electrons. The lowest BCUT2D eigenvalue weighted by Crippen LogP contribution is -2.38. The summed E-state index contributed by atoms with van der Waals surface area (Å²) in [7, 11) is 2.01. The quantitative estimate of drug-likeness (QED) is 0.681. The summed E-state index contributed by atoms with van der Waals surface area (Å²) >= 11 is 0. The lowest BCUT2D eigenvalue weighted by Gasteiger charge is -2.31. The van der Waals surface area contributed by atoms with Gasteiger partial charge >= 0.3 is 0 Å². The zero-order chi connectivity index (χ0) is 19.7. The molecule has 1 saturated heterocycles. The molecule has 146 valence electrons. The third-order valence-corrected chi connectivity index (χ3v) is 5.52. The topological polar surface area (TPSA) is 94.6 Å². The second-order valence-electron chi connectivity index (χ2n) is 7.22. The minimum atomic E-state index is 0.00536. The van der Waals surface area contributed by atoms with Gasteiger partial charge in [0.25, 0.3) is 5.91 Å². The highest BCUT2D eigenvalue weighted by Gasteiger charge is 2.28. The highest BCUT2D eigenvalue weighted by Crippen LogP contribution is 2.28. The molecule has 28 heavy (non-hydrogen) atoms. The summed E-state index contributed by atoms with van der Waals surface area (Å²) in [4.78, 5) is 27.0. The Morgan fingerprint density at radius 2 is 1.96 bits per heavy atom. The molecule has 0 atom stereocenters. The number of amides is 1. The minimum absolute atomic E-state index is 0.00536. The van der Waals surface area contributed by atoms with Crippen molar-refractivity contribution in [3.05, 3.63) is 53.6 Å². The fraction of sp³-hybridized carbons (Fsp3) is 0.474. The first-order chi connectivity index (χ1) is 13.5. The van der Waals surface area contributed by atoms with Crippen LogP contribution in [0.1, 0.15) is 52.3 Å². The number of carbonyl (C=O) groups is 1. The number of rotatable bonds is 4. The normalized spacial score (nSPS) is 15.2. The van der Waals surface area contributed by atoms with Crippen LogP contribution in [0.3, 0.4) is 0 Å². The van der Waals surface area contributed by atoms with Crippen molar-refractivity contribution in [1.29, 1.82) is 0 Å². The molecule has 3 aromatic rings. The molecule has 0 N–H and O–H groups in total. The van der Waals surface area contributed by atoms with E-state index < -0.39 is 0 Å². The van der Waals surface area contributed by atoms with E-state index in [-0.39, 0.29) is 5.91 Å². The SMILES string of the molecule is Cc1ncncc1C(=O)N1CCC(c2nnc(Cn3ccnc3C)n2C)CC1. The van der Waals surface area contributed by atoms with Crippen molar-refractivity contribution in [2.75, 3.05) is 13.1 Å². The lowest BCUT2D eigenvalue weighted by atomic mass is 9.95. The minimum Gasteiger partial charge on any atom is -0.338 e. The fourth-order valence-corrected chi connectivity index (χ4v) is 3.70. The number of nitrogens with zero attached hydrogens (tertiary/aromatic N) is 8. The molecule has 4 rings (SSSR count). The summed E-state index contributed by atoms with van der Waals surface area (Å²) in [5.74, 6) is 3.15. The Labute approximate surface area is 163 Å². The van der Waals surface area contributed by atoms with Crippen molar-refractivity contribution in [2.24, 2.45) is 7.05 Å². The Kier molecular flexibility index (Phi) is 4.89. The second-order valence-corrected chi connectivity index (χ2v) is 7.22. The van der Waals surface area contributed by atoms with Gasteiger partial charge in [0.2, 0.25) is 0 Å². The van der Waals surface area contributed by atoms with Crippen molar-refractivity contribution in [2.45, 2.75) is 39.2 Å². The Hall–Kier alpha value is -3.10. The monoisotopic (exact) mass is 380 g/mol. The average Bonchev–Trinajstić information content (AvgIpc) is 3.28. The maximum absolute atomic E-state index is 12.7. The molecule has 0 spiro atoms. The number of aryl methyl sites for hydroxylation is 2. The molecule has 9 nitrogen and oxygen atoms in total. The molecule has 0 bridgehead atoms. The molecular formula is C19H24N8O. The van der Waals surface area contributed by atoms with Gasteiger partial charge in [0.05, 0.1) is 17.8 Å². The molecule has 0 saturated carbocycles. The van der Waals surface area contributed by atoms with E-state index in [9.17, 15) is 4.79 Å². The maximum atomic E-state index is 12.7. The van der Waals surface area contributed by atoms with Crippen molar-refractivity contribution >= 4 is 5.91 Å². The average molecular weight is 380 g/mol. The first-order valence-electron chi connectivity index (χ1n) is 9.46.